The summed E-state index contributed by atoms with van der Waals surface area (Å²) in [5.74, 6) is 4.30. The molecule has 0 bridgehead atoms. The van der Waals surface area contributed by atoms with Crippen molar-refractivity contribution in [1.82, 2.24) is 10.2 Å². The Morgan fingerprint density at radius 1 is 1.00 bits per heavy atom. The monoisotopic (exact) mass is 560 g/mol. The maximum atomic E-state index is 13.6. The number of amides is 2. The van der Waals surface area contributed by atoms with E-state index < -0.39 is 12.3 Å². The zero-order valence-corrected chi connectivity index (χ0v) is 22.8. The first-order chi connectivity index (χ1) is 18.8. The highest BCUT2D eigenvalue weighted by molar-refractivity contribution is 6.05. The highest BCUT2D eigenvalue weighted by atomic mass is 19.4. The van der Waals surface area contributed by atoms with E-state index in [1.807, 2.05) is 4.90 Å². The molecule has 0 unspecified atom stereocenters. The minimum atomic E-state index is -4.78. The van der Waals surface area contributed by atoms with Crippen LogP contribution in [0.5, 0.6) is 5.75 Å². The molecule has 1 aliphatic carbocycles. The van der Waals surface area contributed by atoms with Gasteiger partial charge in [-0.2, -0.15) is 0 Å². The number of carbonyl (C=O) groups is 2. The lowest BCUT2D eigenvalue weighted by Crippen LogP contribution is -2.43. The van der Waals surface area contributed by atoms with E-state index in [0.717, 1.165) is 31.2 Å². The number of alkyl halides is 3. The molecule has 1 fully saturated rings. The van der Waals surface area contributed by atoms with E-state index in [9.17, 15) is 22.8 Å². The second-order valence-corrected chi connectivity index (χ2v) is 11.0. The van der Waals surface area contributed by atoms with Crippen LogP contribution >= 0.6 is 0 Å². The topological polar surface area (TPSA) is 133 Å². The van der Waals surface area contributed by atoms with Gasteiger partial charge in [0.1, 0.15) is 5.75 Å². The van der Waals surface area contributed by atoms with Gasteiger partial charge in [-0.05, 0) is 72.4 Å². The van der Waals surface area contributed by atoms with Crippen molar-refractivity contribution in [1.29, 1.82) is 5.53 Å². The number of guanidine groups is 1. The molecule has 0 aromatic heterocycles. The van der Waals surface area contributed by atoms with E-state index in [4.69, 9.17) is 11.4 Å². The molecule has 0 heterocycles. The van der Waals surface area contributed by atoms with Crippen LogP contribution in [0.2, 0.25) is 0 Å². The molecule has 2 amide bonds. The van der Waals surface area contributed by atoms with Crippen molar-refractivity contribution in [3.05, 3.63) is 65.2 Å². The molecule has 12 heteroatoms. The van der Waals surface area contributed by atoms with E-state index in [1.165, 1.54) is 24.3 Å². The van der Waals surface area contributed by atoms with Gasteiger partial charge in [-0.3, -0.25) is 14.9 Å². The van der Waals surface area contributed by atoms with Crippen molar-refractivity contribution < 1.29 is 27.5 Å². The van der Waals surface area contributed by atoms with Crippen molar-refractivity contribution in [3.63, 3.8) is 0 Å². The Labute approximate surface area is 231 Å². The Hall–Kier alpha value is -3.96. The van der Waals surface area contributed by atoms with Gasteiger partial charge < -0.3 is 15.5 Å². The molecular formula is C28H35F3N6O3. The average molecular weight is 561 g/mol. The third kappa shape index (κ3) is 8.78. The molecular weight excluding hydrogens is 525 g/mol. The van der Waals surface area contributed by atoms with Gasteiger partial charge in [0.25, 0.3) is 11.9 Å². The van der Waals surface area contributed by atoms with E-state index in [2.05, 4.69) is 41.0 Å². The first-order valence-corrected chi connectivity index (χ1v) is 13.0. The first-order valence-electron chi connectivity index (χ1n) is 13.0. The molecule has 3 rings (SSSR count). The lowest BCUT2D eigenvalue weighted by molar-refractivity contribution is -0.274. The van der Waals surface area contributed by atoms with Crippen LogP contribution in [0.3, 0.4) is 0 Å². The number of hydrogen-bond donors (Lipinski definition) is 3. The summed E-state index contributed by atoms with van der Waals surface area (Å²) in [6.07, 6.45) is -1.06. The maximum Gasteiger partial charge on any atom is 0.573 e. The van der Waals surface area contributed by atoms with Crippen LogP contribution in [-0.4, -0.2) is 35.1 Å². The van der Waals surface area contributed by atoms with Crippen molar-refractivity contribution >= 4 is 17.8 Å². The maximum absolute atomic E-state index is 13.6. The third-order valence-electron chi connectivity index (χ3n) is 7.22. The molecule has 1 aliphatic rings. The van der Waals surface area contributed by atoms with Gasteiger partial charge in [0.05, 0.1) is 6.42 Å². The normalized spacial score (nSPS) is 18.1. The molecule has 0 aliphatic heterocycles. The minimum Gasteiger partial charge on any atom is -0.406 e. The molecule has 0 atom stereocenters. The molecule has 2 aromatic rings. The Bertz CT molecular complexity index is 1200. The summed E-state index contributed by atoms with van der Waals surface area (Å²) >= 11 is 0. The number of nitrogens with one attached hydrogen (secondary N) is 2. The zero-order valence-electron chi connectivity index (χ0n) is 22.8. The minimum absolute atomic E-state index is 0.0175. The van der Waals surface area contributed by atoms with Crippen molar-refractivity contribution in [2.45, 2.75) is 71.8 Å². The number of hydrazone groups is 1. The Kier molecular flexibility index (Phi) is 9.88. The number of ether oxygens (including phenoxy) is 1. The van der Waals surface area contributed by atoms with Gasteiger partial charge in [-0.1, -0.05) is 45.0 Å². The van der Waals surface area contributed by atoms with Gasteiger partial charge in [-0.15, -0.1) is 23.4 Å². The van der Waals surface area contributed by atoms with Gasteiger partial charge >= 0.3 is 6.36 Å². The Morgan fingerprint density at radius 2 is 1.57 bits per heavy atom. The number of rotatable bonds is 7. The van der Waals surface area contributed by atoms with Gasteiger partial charge in [0.15, 0.2) is 0 Å². The van der Waals surface area contributed by atoms with E-state index >= 15 is 0 Å². The molecule has 1 saturated carbocycles. The summed E-state index contributed by atoms with van der Waals surface area (Å²) in [5, 5.41) is 8.54. The second kappa shape index (κ2) is 12.9. The molecule has 216 valence electrons. The van der Waals surface area contributed by atoms with Crippen LogP contribution in [0.4, 0.5) is 13.2 Å². The van der Waals surface area contributed by atoms with Crippen molar-refractivity contribution in [2.75, 3.05) is 0 Å². The highest BCUT2D eigenvalue weighted by Gasteiger charge is 2.34. The predicted molar refractivity (Wildman–Crippen MR) is 143 cm³/mol. The third-order valence-corrected chi connectivity index (χ3v) is 7.22. The number of nitrogens with zero attached hydrogens (tertiary/aromatic N) is 3. The SMILES string of the molecule is CC(C)(C)C1CCC(N(Cc2ccc(C(=O)N/C(N=N)=N/N)cc2)C(=O)Cc2ccc(OC(F)(F)F)cc2)CC1. The van der Waals surface area contributed by atoms with E-state index in [-0.39, 0.29) is 35.5 Å². The number of nitrogens with two attached hydrogens (primary N) is 1. The van der Waals surface area contributed by atoms with Crippen LogP contribution in [0.25, 0.3) is 0 Å². The quantitative estimate of drug-likeness (QED) is 0.131. The molecule has 40 heavy (non-hydrogen) atoms. The summed E-state index contributed by atoms with van der Waals surface area (Å²) < 4.78 is 41.4. The average Bonchev–Trinajstić information content (AvgIpc) is 2.90. The summed E-state index contributed by atoms with van der Waals surface area (Å²) in [6.45, 7) is 7.00. The summed E-state index contributed by atoms with van der Waals surface area (Å²) in [6, 6.07) is 12.0. The van der Waals surface area contributed by atoms with Gasteiger partial charge in [-0.25, -0.2) is 5.53 Å². The Morgan fingerprint density at radius 3 is 2.08 bits per heavy atom. The zero-order chi connectivity index (χ0) is 29.5. The summed E-state index contributed by atoms with van der Waals surface area (Å²) in [7, 11) is 0. The number of carbonyl (C=O) groups excluding carboxylic acids is 2. The summed E-state index contributed by atoms with van der Waals surface area (Å²) in [4.78, 5) is 27.8. The van der Waals surface area contributed by atoms with E-state index in [1.54, 1.807) is 24.3 Å². The lowest BCUT2D eigenvalue weighted by atomic mass is 9.71. The predicted octanol–water partition coefficient (Wildman–Crippen LogP) is 5.75. The van der Waals surface area contributed by atoms with Crippen LogP contribution < -0.4 is 15.9 Å². The van der Waals surface area contributed by atoms with Crippen LogP contribution in [0.1, 0.15) is 67.9 Å². The van der Waals surface area contributed by atoms with Crippen molar-refractivity contribution in [3.8, 4) is 5.75 Å². The fourth-order valence-electron chi connectivity index (χ4n) is 4.98. The smallest absolute Gasteiger partial charge is 0.406 e. The van der Waals surface area contributed by atoms with Crippen LogP contribution in [-0.2, 0) is 17.8 Å². The number of benzene rings is 2. The van der Waals surface area contributed by atoms with Crippen LogP contribution in [0.15, 0.2) is 58.7 Å². The fraction of sp³-hybridized carbons (Fsp3) is 0.464. The van der Waals surface area contributed by atoms with E-state index in [0.29, 0.717) is 23.6 Å². The molecule has 4 N–H and O–H groups in total. The standard InChI is InChI=1S/C28H35F3N6O3/c1-27(2,3)21-10-12-22(13-11-21)37(24(38)16-18-6-14-23(15-7-18)40-28(29,30)31)17-19-4-8-20(9-5-19)25(39)34-26(35-32)36-33/h4-9,14-15,21-22,32H,10-13,16-17,33H2,1-3H3,(H,34,36,39). The molecule has 0 saturated heterocycles. The number of hydrogen-bond acceptors (Lipinski definition) is 6. The number of halogens is 3. The van der Waals surface area contributed by atoms with Crippen LogP contribution in [0, 0.1) is 16.9 Å². The summed E-state index contributed by atoms with van der Waals surface area (Å²) in [5.41, 5.74) is 8.82. The first kappa shape index (κ1) is 30.6. The highest BCUT2D eigenvalue weighted by Crippen LogP contribution is 2.39. The lowest BCUT2D eigenvalue weighted by Gasteiger charge is -2.41. The largest absolute Gasteiger partial charge is 0.573 e. The van der Waals surface area contributed by atoms with Gasteiger partial charge in [0, 0.05) is 18.2 Å². The fourth-order valence-corrected chi connectivity index (χ4v) is 4.98. The second-order valence-electron chi connectivity index (χ2n) is 11.0. The molecule has 0 radical (unpaired) electrons. The Balaban J connectivity index is 1.76. The molecule has 0 spiro atoms. The molecule has 9 nitrogen and oxygen atoms in total. The van der Waals surface area contributed by atoms with Crippen molar-refractivity contribution in [2.24, 2.45) is 27.4 Å². The molecule has 2 aromatic carbocycles. The van der Waals surface area contributed by atoms with Gasteiger partial charge in [0.2, 0.25) is 5.91 Å².